The Morgan fingerprint density at radius 1 is 1.30 bits per heavy atom. The summed E-state index contributed by atoms with van der Waals surface area (Å²) in [5.41, 5.74) is 2.24. The van der Waals surface area contributed by atoms with Crippen LogP contribution in [0, 0.1) is 6.92 Å². The number of rotatable bonds is 7. The van der Waals surface area contributed by atoms with Gasteiger partial charge in [-0.2, -0.15) is 0 Å². The van der Waals surface area contributed by atoms with Crippen molar-refractivity contribution in [3.63, 3.8) is 0 Å². The molecule has 2 rings (SSSR count). The van der Waals surface area contributed by atoms with Crippen LogP contribution in [0.1, 0.15) is 12.1 Å². The number of nitrogens with one attached hydrogen (secondary N) is 1. The summed E-state index contributed by atoms with van der Waals surface area (Å²) in [6.45, 7) is 3.22. The first-order valence-corrected chi connectivity index (χ1v) is 9.37. The number of carbonyl (C=O) groups is 1. The van der Waals surface area contributed by atoms with Gasteiger partial charge in [0.15, 0.2) is 0 Å². The summed E-state index contributed by atoms with van der Waals surface area (Å²) >= 11 is 0. The molecule has 7 heteroatoms. The fourth-order valence-corrected chi connectivity index (χ4v) is 2.89. The van der Waals surface area contributed by atoms with E-state index < -0.39 is 10.0 Å². The van der Waals surface area contributed by atoms with E-state index in [2.05, 4.69) is 22.0 Å². The standard InChI is InChI=1S/C16H23N3O3S/c1-13-12-14-6-4-5-7-15(14)19(13)10-8-16(20)17-9-11-18(2)23(3,21)22/h4-7,12H,8-11H2,1-3H3,(H,17,20). The maximum atomic E-state index is 11.9. The molecule has 0 saturated heterocycles. The Labute approximate surface area is 137 Å². The number of hydrogen-bond donors (Lipinski definition) is 1. The van der Waals surface area contributed by atoms with Crippen LogP contribution in [-0.4, -0.2) is 49.6 Å². The highest BCUT2D eigenvalue weighted by molar-refractivity contribution is 7.88. The van der Waals surface area contributed by atoms with Gasteiger partial charge in [-0.3, -0.25) is 4.79 Å². The highest BCUT2D eigenvalue weighted by Gasteiger charge is 2.11. The number of para-hydroxylation sites is 1. The molecular formula is C16H23N3O3S. The quantitative estimate of drug-likeness (QED) is 0.829. The Hall–Kier alpha value is -1.86. The van der Waals surface area contributed by atoms with Crippen molar-refractivity contribution < 1.29 is 13.2 Å². The molecule has 0 bridgehead atoms. The van der Waals surface area contributed by atoms with Crippen molar-refractivity contribution in [3.05, 3.63) is 36.0 Å². The van der Waals surface area contributed by atoms with E-state index in [4.69, 9.17) is 0 Å². The Kier molecular flexibility index (Phi) is 5.43. The minimum absolute atomic E-state index is 0.0796. The van der Waals surface area contributed by atoms with E-state index in [1.165, 1.54) is 16.7 Å². The smallest absolute Gasteiger partial charge is 0.221 e. The van der Waals surface area contributed by atoms with Crippen LogP contribution in [0.5, 0.6) is 0 Å². The van der Waals surface area contributed by atoms with Crippen molar-refractivity contribution in [2.45, 2.75) is 19.9 Å². The third-order valence-corrected chi connectivity index (χ3v) is 5.21. The summed E-state index contributed by atoms with van der Waals surface area (Å²) in [6.07, 6.45) is 1.51. The first-order valence-electron chi connectivity index (χ1n) is 7.52. The van der Waals surface area contributed by atoms with Crippen LogP contribution in [0.15, 0.2) is 30.3 Å². The minimum Gasteiger partial charge on any atom is -0.355 e. The summed E-state index contributed by atoms with van der Waals surface area (Å²) in [6, 6.07) is 10.2. The zero-order valence-electron chi connectivity index (χ0n) is 13.7. The second-order valence-corrected chi connectivity index (χ2v) is 7.77. The average molecular weight is 337 g/mol. The third-order valence-electron chi connectivity index (χ3n) is 3.90. The maximum Gasteiger partial charge on any atom is 0.221 e. The molecule has 1 amide bonds. The molecule has 0 saturated carbocycles. The highest BCUT2D eigenvalue weighted by Crippen LogP contribution is 2.19. The molecule has 0 spiro atoms. The normalized spacial score (nSPS) is 12.0. The van der Waals surface area contributed by atoms with Crippen LogP contribution >= 0.6 is 0 Å². The molecule has 1 N–H and O–H groups in total. The molecule has 1 aromatic heterocycles. The molecule has 1 heterocycles. The minimum atomic E-state index is -3.20. The van der Waals surface area contributed by atoms with Crippen molar-refractivity contribution in [3.8, 4) is 0 Å². The van der Waals surface area contributed by atoms with Gasteiger partial charge < -0.3 is 9.88 Å². The first-order chi connectivity index (χ1) is 10.8. The molecule has 0 fully saturated rings. The fraction of sp³-hybridized carbons (Fsp3) is 0.438. The molecule has 0 aliphatic rings. The Morgan fingerprint density at radius 3 is 2.70 bits per heavy atom. The molecule has 0 aliphatic heterocycles. The van der Waals surface area contributed by atoms with E-state index >= 15 is 0 Å². The number of hydrogen-bond acceptors (Lipinski definition) is 3. The van der Waals surface area contributed by atoms with Gasteiger partial charge in [0.1, 0.15) is 0 Å². The van der Waals surface area contributed by atoms with Crippen LogP contribution in [0.3, 0.4) is 0 Å². The Balaban J connectivity index is 1.86. The maximum absolute atomic E-state index is 11.9. The molecule has 23 heavy (non-hydrogen) atoms. The predicted molar refractivity (Wildman–Crippen MR) is 91.8 cm³/mol. The van der Waals surface area contributed by atoms with Crippen molar-refractivity contribution in [2.24, 2.45) is 0 Å². The predicted octanol–water partition coefficient (Wildman–Crippen LogP) is 1.35. The number of amides is 1. The van der Waals surface area contributed by atoms with Crippen LogP contribution < -0.4 is 5.32 Å². The number of aromatic nitrogens is 1. The van der Waals surface area contributed by atoms with Gasteiger partial charge in [-0.25, -0.2) is 12.7 Å². The van der Waals surface area contributed by atoms with E-state index in [1.54, 1.807) is 0 Å². The first kappa shape index (κ1) is 17.5. The van der Waals surface area contributed by atoms with E-state index in [1.807, 2.05) is 25.1 Å². The van der Waals surface area contributed by atoms with Crippen LogP contribution in [0.2, 0.25) is 0 Å². The molecule has 126 valence electrons. The topological polar surface area (TPSA) is 71.4 Å². The molecule has 1 aromatic carbocycles. The lowest BCUT2D eigenvalue weighted by atomic mass is 10.2. The molecule has 0 radical (unpaired) electrons. The van der Waals surface area contributed by atoms with Gasteiger partial charge in [-0.15, -0.1) is 0 Å². The zero-order chi connectivity index (χ0) is 17.0. The number of aryl methyl sites for hydroxylation is 2. The zero-order valence-corrected chi connectivity index (χ0v) is 14.6. The van der Waals surface area contributed by atoms with Crippen molar-refractivity contribution in [1.82, 2.24) is 14.2 Å². The summed E-state index contributed by atoms with van der Waals surface area (Å²) in [7, 11) is -1.70. The van der Waals surface area contributed by atoms with Crippen LogP contribution in [0.4, 0.5) is 0 Å². The summed E-state index contributed by atoms with van der Waals surface area (Å²) in [5, 5.41) is 3.92. The number of sulfonamides is 1. The second kappa shape index (κ2) is 7.14. The number of benzene rings is 1. The van der Waals surface area contributed by atoms with Gasteiger partial charge in [0.05, 0.1) is 6.26 Å². The lowest BCUT2D eigenvalue weighted by Crippen LogP contribution is -2.35. The largest absolute Gasteiger partial charge is 0.355 e. The van der Waals surface area contributed by atoms with Gasteiger partial charge >= 0.3 is 0 Å². The van der Waals surface area contributed by atoms with E-state index in [9.17, 15) is 13.2 Å². The highest BCUT2D eigenvalue weighted by atomic mass is 32.2. The summed E-state index contributed by atoms with van der Waals surface area (Å²) in [4.78, 5) is 11.9. The lowest BCUT2D eigenvalue weighted by molar-refractivity contribution is -0.121. The van der Waals surface area contributed by atoms with Gasteiger partial charge in [0, 0.05) is 44.3 Å². The molecule has 2 aromatic rings. The fourth-order valence-electron chi connectivity index (χ4n) is 2.47. The van der Waals surface area contributed by atoms with Crippen LogP contribution in [0.25, 0.3) is 10.9 Å². The third kappa shape index (κ3) is 4.56. The molecule has 0 unspecified atom stereocenters. The average Bonchev–Trinajstić information content (AvgIpc) is 2.79. The number of nitrogens with zero attached hydrogens (tertiary/aromatic N) is 2. The molecule has 0 aliphatic carbocycles. The van der Waals surface area contributed by atoms with Crippen molar-refractivity contribution in [2.75, 3.05) is 26.4 Å². The summed E-state index contributed by atoms with van der Waals surface area (Å²) < 4.78 is 25.9. The number of carbonyl (C=O) groups excluding carboxylic acids is 1. The van der Waals surface area contributed by atoms with Gasteiger partial charge in [0.25, 0.3) is 0 Å². The Bertz CT molecular complexity index is 796. The van der Waals surface area contributed by atoms with E-state index in [0.717, 1.165) is 17.5 Å². The molecule has 6 nitrogen and oxygen atoms in total. The number of likely N-dealkylation sites (N-methyl/N-ethyl adjacent to an activating group) is 1. The van der Waals surface area contributed by atoms with E-state index in [-0.39, 0.29) is 12.5 Å². The molecule has 0 atom stereocenters. The number of fused-ring (bicyclic) bond motifs is 1. The van der Waals surface area contributed by atoms with Gasteiger partial charge in [-0.1, -0.05) is 18.2 Å². The molecular weight excluding hydrogens is 314 g/mol. The van der Waals surface area contributed by atoms with Crippen molar-refractivity contribution in [1.29, 1.82) is 0 Å². The van der Waals surface area contributed by atoms with E-state index in [0.29, 0.717) is 19.5 Å². The van der Waals surface area contributed by atoms with Gasteiger partial charge in [-0.05, 0) is 24.4 Å². The SMILES string of the molecule is Cc1cc2ccccc2n1CCC(=O)NCCN(C)S(C)(=O)=O. The monoisotopic (exact) mass is 337 g/mol. The summed E-state index contributed by atoms with van der Waals surface area (Å²) in [5.74, 6) is -0.0796. The van der Waals surface area contributed by atoms with Crippen LogP contribution in [-0.2, 0) is 21.4 Å². The van der Waals surface area contributed by atoms with Gasteiger partial charge in [0.2, 0.25) is 15.9 Å². The second-order valence-electron chi connectivity index (χ2n) is 5.68. The Morgan fingerprint density at radius 2 is 2.00 bits per heavy atom. The lowest BCUT2D eigenvalue weighted by Gasteiger charge is -2.14. The van der Waals surface area contributed by atoms with Crippen molar-refractivity contribution >= 4 is 26.8 Å².